The molecular weight excluding hydrogens is 260 g/mol. The highest BCUT2D eigenvalue weighted by atomic mass is 16.4. The Balaban J connectivity index is 2.25. The number of piperidine rings is 1. The Labute approximate surface area is 116 Å². The normalized spacial score (nSPS) is 16.8. The highest BCUT2D eigenvalue weighted by Gasteiger charge is 2.24. The van der Waals surface area contributed by atoms with Gasteiger partial charge in [0.05, 0.1) is 5.56 Å². The molecule has 108 valence electrons. The molecule has 6 nitrogen and oxygen atoms in total. The number of rotatable bonds is 3. The van der Waals surface area contributed by atoms with Gasteiger partial charge in [0.2, 0.25) is 5.91 Å². The lowest BCUT2D eigenvalue weighted by atomic mass is 10.1. The van der Waals surface area contributed by atoms with Gasteiger partial charge >= 0.3 is 5.97 Å². The molecule has 0 spiro atoms. The van der Waals surface area contributed by atoms with E-state index < -0.39 is 12.0 Å². The number of carboxylic acids is 1. The van der Waals surface area contributed by atoms with Gasteiger partial charge in [-0.05, 0) is 32.3 Å². The number of pyridine rings is 1. The molecule has 0 aliphatic carbocycles. The van der Waals surface area contributed by atoms with Gasteiger partial charge in [-0.1, -0.05) is 0 Å². The molecule has 1 saturated heterocycles. The number of aromatic nitrogens is 1. The quantitative estimate of drug-likeness (QED) is 0.898. The van der Waals surface area contributed by atoms with E-state index in [0.29, 0.717) is 13.1 Å². The molecule has 1 aliphatic heterocycles. The third kappa shape index (κ3) is 2.89. The molecule has 1 atom stereocenters. The summed E-state index contributed by atoms with van der Waals surface area (Å²) in [7, 11) is 0. The van der Waals surface area contributed by atoms with Crippen molar-refractivity contribution in [3.8, 4) is 0 Å². The second-order valence-corrected chi connectivity index (χ2v) is 5.03. The van der Waals surface area contributed by atoms with E-state index in [0.717, 1.165) is 19.3 Å². The van der Waals surface area contributed by atoms with Crippen molar-refractivity contribution in [2.75, 3.05) is 13.1 Å². The number of likely N-dealkylation sites (tertiary alicyclic amines) is 1. The molecule has 1 aliphatic rings. The first-order valence-electron chi connectivity index (χ1n) is 6.75. The standard InChI is InChI=1S/C14H18N2O4/c1-10(13(18)15-7-3-2-4-8-15)16-9-11(14(19)20)5-6-12(16)17/h5-6,9-10H,2-4,7-8H2,1H3,(H,19,20). The lowest BCUT2D eigenvalue weighted by Gasteiger charge is -2.29. The van der Waals surface area contributed by atoms with E-state index in [9.17, 15) is 14.4 Å². The van der Waals surface area contributed by atoms with Gasteiger partial charge < -0.3 is 14.6 Å². The summed E-state index contributed by atoms with van der Waals surface area (Å²) < 4.78 is 1.19. The number of amides is 1. The minimum absolute atomic E-state index is 0.00268. The van der Waals surface area contributed by atoms with Crippen LogP contribution in [0.25, 0.3) is 0 Å². The van der Waals surface area contributed by atoms with Gasteiger partial charge in [-0.25, -0.2) is 4.79 Å². The van der Waals surface area contributed by atoms with E-state index in [1.54, 1.807) is 11.8 Å². The molecule has 2 heterocycles. The fraction of sp³-hybridized carbons (Fsp3) is 0.500. The van der Waals surface area contributed by atoms with Gasteiger partial charge in [-0.15, -0.1) is 0 Å². The minimum atomic E-state index is -1.11. The Morgan fingerprint density at radius 2 is 1.85 bits per heavy atom. The Morgan fingerprint density at radius 3 is 2.45 bits per heavy atom. The first-order valence-corrected chi connectivity index (χ1v) is 6.75. The predicted octanol–water partition coefficient (Wildman–Crippen LogP) is 1.12. The summed E-state index contributed by atoms with van der Waals surface area (Å²) in [6.07, 6.45) is 4.30. The Hall–Kier alpha value is -2.11. The summed E-state index contributed by atoms with van der Waals surface area (Å²) in [4.78, 5) is 36.9. The maximum Gasteiger partial charge on any atom is 0.337 e. The van der Waals surface area contributed by atoms with Crippen LogP contribution in [0.15, 0.2) is 23.1 Å². The van der Waals surface area contributed by atoms with Crippen LogP contribution in [0.1, 0.15) is 42.6 Å². The van der Waals surface area contributed by atoms with Crippen LogP contribution in [0.2, 0.25) is 0 Å². The van der Waals surface area contributed by atoms with E-state index in [2.05, 4.69) is 0 Å². The molecule has 0 radical (unpaired) electrons. The first kappa shape index (κ1) is 14.3. The van der Waals surface area contributed by atoms with Crippen LogP contribution in [0.3, 0.4) is 0 Å². The third-order valence-corrected chi connectivity index (χ3v) is 3.63. The molecule has 1 unspecified atom stereocenters. The summed E-state index contributed by atoms with van der Waals surface area (Å²) in [6, 6.07) is 1.75. The molecule has 0 bridgehead atoms. The molecular formula is C14H18N2O4. The average molecular weight is 278 g/mol. The summed E-state index contributed by atoms with van der Waals surface area (Å²) in [5.74, 6) is -1.24. The van der Waals surface area contributed by atoms with E-state index in [1.807, 2.05) is 0 Å². The van der Waals surface area contributed by atoms with E-state index in [-0.39, 0.29) is 17.0 Å². The zero-order valence-electron chi connectivity index (χ0n) is 11.4. The van der Waals surface area contributed by atoms with Crippen LogP contribution in [-0.2, 0) is 4.79 Å². The van der Waals surface area contributed by atoms with Crippen LogP contribution in [0.4, 0.5) is 0 Å². The van der Waals surface area contributed by atoms with Crippen molar-refractivity contribution in [1.82, 2.24) is 9.47 Å². The van der Waals surface area contributed by atoms with Crippen molar-refractivity contribution in [2.45, 2.75) is 32.2 Å². The van der Waals surface area contributed by atoms with Crippen LogP contribution >= 0.6 is 0 Å². The zero-order chi connectivity index (χ0) is 14.7. The molecule has 1 N–H and O–H groups in total. The van der Waals surface area contributed by atoms with Gasteiger partial charge in [0.15, 0.2) is 0 Å². The Morgan fingerprint density at radius 1 is 1.20 bits per heavy atom. The summed E-state index contributed by atoms with van der Waals surface area (Å²) in [5, 5.41) is 8.96. The summed E-state index contributed by atoms with van der Waals surface area (Å²) >= 11 is 0. The lowest BCUT2D eigenvalue weighted by molar-refractivity contribution is -0.135. The maximum absolute atomic E-state index is 12.4. The molecule has 1 aromatic rings. The molecule has 1 aromatic heterocycles. The van der Waals surface area contributed by atoms with E-state index in [1.165, 1.54) is 22.9 Å². The number of carboxylic acid groups (broad SMARTS) is 1. The lowest BCUT2D eigenvalue weighted by Crippen LogP contribution is -2.41. The van der Waals surface area contributed by atoms with Crippen LogP contribution in [-0.4, -0.2) is 39.5 Å². The van der Waals surface area contributed by atoms with Crippen LogP contribution < -0.4 is 5.56 Å². The molecule has 20 heavy (non-hydrogen) atoms. The van der Waals surface area contributed by atoms with Gasteiger partial charge in [0, 0.05) is 25.4 Å². The van der Waals surface area contributed by atoms with Gasteiger partial charge in [0.25, 0.3) is 5.56 Å². The van der Waals surface area contributed by atoms with E-state index in [4.69, 9.17) is 5.11 Å². The molecule has 0 aromatic carbocycles. The van der Waals surface area contributed by atoms with Crippen molar-refractivity contribution < 1.29 is 14.7 Å². The highest BCUT2D eigenvalue weighted by molar-refractivity contribution is 5.87. The summed E-state index contributed by atoms with van der Waals surface area (Å²) in [5.41, 5.74) is -0.365. The molecule has 1 amide bonds. The van der Waals surface area contributed by atoms with Gasteiger partial charge in [0.1, 0.15) is 6.04 Å². The number of hydrogen-bond donors (Lipinski definition) is 1. The Kier molecular flexibility index (Phi) is 4.22. The van der Waals surface area contributed by atoms with Crippen molar-refractivity contribution in [3.63, 3.8) is 0 Å². The topological polar surface area (TPSA) is 79.6 Å². The number of nitrogens with zero attached hydrogens (tertiary/aromatic N) is 2. The second kappa shape index (κ2) is 5.90. The molecule has 6 heteroatoms. The number of aromatic carboxylic acids is 1. The SMILES string of the molecule is CC(C(=O)N1CCCCC1)n1cc(C(=O)O)ccc1=O. The largest absolute Gasteiger partial charge is 0.478 e. The minimum Gasteiger partial charge on any atom is -0.478 e. The third-order valence-electron chi connectivity index (χ3n) is 3.63. The van der Waals surface area contributed by atoms with Crippen molar-refractivity contribution >= 4 is 11.9 Å². The summed E-state index contributed by atoms with van der Waals surface area (Å²) in [6.45, 7) is 3.04. The second-order valence-electron chi connectivity index (χ2n) is 5.03. The maximum atomic E-state index is 12.4. The van der Waals surface area contributed by atoms with Crippen molar-refractivity contribution in [2.24, 2.45) is 0 Å². The first-order chi connectivity index (χ1) is 9.50. The highest BCUT2D eigenvalue weighted by Crippen LogP contribution is 2.15. The van der Waals surface area contributed by atoms with Crippen molar-refractivity contribution in [3.05, 3.63) is 34.2 Å². The monoisotopic (exact) mass is 278 g/mol. The molecule has 1 fully saturated rings. The molecule has 2 rings (SSSR count). The Bertz CT molecular complexity index is 573. The average Bonchev–Trinajstić information content (AvgIpc) is 2.47. The fourth-order valence-corrected chi connectivity index (χ4v) is 2.43. The zero-order valence-corrected chi connectivity index (χ0v) is 11.4. The van der Waals surface area contributed by atoms with Crippen molar-refractivity contribution in [1.29, 1.82) is 0 Å². The fourth-order valence-electron chi connectivity index (χ4n) is 2.43. The number of carbonyl (C=O) groups is 2. The van der Waals surface area contributed by atoms with Crippen LogP contribution in [0.5, 0.6) is 0 Å². The van der Waals surface area contributed by atoms with Gasteiger partial charge in [-0.3, -0.25) is 9.59 Å². The predicted molar refractivity (Wildman–Crippen MR) is 72.8 cm³/mol. The van der Waals surface area contributed by atoms with Gasteiger partial charge in [-0.2, -0.15) is 0 Å². The molecule has 0 saturated carbocycles. The smallest absolute Gasteiger partial charge is 0.337 e. The van der Waals surface area contributed by atoms with E-state index >= 15 is 0 Å². The number of carbonyl (C=O) groups excluding carboxylic acids is 1. The number of hydrogen-bond acceptors (Lipinski definition) is 3. The van der Waals surface area contributed by atoms with Crippen LogP contribution in [0, 0.1) is 0 Å².